The molecule has 0 aliphatic heterocycles. The third-order valence-corrected chi connectivity index (χ3v) is 3.48. The molecule has 0 saturated carbocycles. The number of methoxy groups -OCH3 is 2. The van der Waals surface area contributed by atoms with Gasteiger partial charge in [0.05, 0.1) is 24.8 Å². The normalized spacial score (nSPS) is 10.1. The lowest BCUT2D eigenvalue weighted by atomic mass is 10.2. The van der Waals surface area contributed by atoms with Crippen LogP contribution in [0.4, 0.5) is 10.1 Å². The minimum absolute atomic E-state index is 0.0340. The smallest absolute Gasteiger partial charge is 0.340 e. The Morgan fingerprint density at radius 2 is 1.80 bits per heavy atom. The van der Waals surface area contributed by atoms with Gasteiger partial charge in [0.25, 0.3) is 5.91 Å². The highest BCUT2D eigenvalue weighted by molar-refractivity contribution is 6.33. The van der Waals surface area contributed by atoms with Gasteiger partial charge in [-0.2, -0.15) is 0 Å². The number of hydrogen-bond acceptors (Lipinski definition) is 5. The zero-order valence-electron chi connectivity index (χ0n) is 13.5. The molecule has 132 valence electrons. The second kappa shape index (κ2) is 8.34. The largest absolute Gasteiger partial charge is 0.493 e. The van der Waals surface area contributed by atoms with E-state index >= 15 is 0 Å². The molecule has 0 aliphatic carbocycles. The zero-order valence-corrected chi connectivity index (χ0v) is 14.2. The lowest BCUT2D eigenvalue weighted by Gasteiger charge is -2.11. The summed E-state index contributed by atoms with van der Waals surface area (Å²) >= 11 is 5.80. The second-order valence-electron chi connectivity index (χ2n) is 4.82. The molecule has 2 aromatic rings. The summed E-state index contributed by atoms with van der Waals surface area (Å²) in [5.41, 5.74) is 0.281. The van der Waals surface area contributed by atoms with Crippen LogP contribution in [0.25, 0.3) is 0 Å². The Hall–Kier alpha value is -2.80. The molecule has 6 nitrogen and oxygen atoms in total. The van der Waals surface area contributed by atoms with Crippen molar-refractivity contribution in [1.29, 1.82) is 0 Å². The molecule has 0 fully saturated rings. The first-order valence-corrected chi connectivity index (χ1v) is 7.46. The zero-order chi connectivity index (χ0) is 18.4. The van der Waals surface area contributed by atoms with Gasteiger partial charge in [0, 0.05) is 11.8 Å². The fourth-order valence-electron chi connectivity index (χ4n) is 1.97. The van der Waals surface area contributed by atoms with E-state index in [2.05, 4.69) is 5.32 Å². The van der Waals surface area contributed by atoms with Crippen LogP contribution in [0.2, 0.25) is 5.02 Å². The van der Waals surface area contributed by atoms with E-state index in [1.807, 2.05) is 0 Å². The van der Waals surface area contributed by atoms with Crippen molar-refractivity contribution < 1.29 is 28.2 Å². The van der Waals surface area contributed by atoms with Crippen LogP contribution < -0.4 is 14.8 Å². The summed E-state index contributed by atoms with van der Waals surface area (Å²) in [5.74, 6) is -1.16. The van der Waals surface area contributed by atoms with Gasteiger partial charge < -0.3 is 19.5 Å². The highest BCUT2D eigenvalue weighted by Gasteiger charge is 2.15. The molecule has 1 N–H and O–H groups in total. The Morgan fingerprint density at radius 3 is 2.48 bits per heavy atom. The van der Waals surface area contributed by atoms with Crippen molar-refractivity contribution in [3.05, 3.63) is 52.8 Å². The van der Waals surface area contributed by atoms with Gasteiger partial charge in [-0.25, -0.2) is 9.18 Å². The van der Waals surface area contributed by atoms with Crippen LogP contribution in [0.15, 0.2) is 36.4 Å². The highest BCUT2D eigenvalue weighted by Crippen LogP contribution is 2.29. The average Bonchev–Trinajstić information content (AvgIpc) is 2.61. The third-order valence-electron chi connectivity index (χ3n) is 3.15. The molecule has 0 aliphatic rings. The van der Waals surface area contributed by atoms with Gasteiger partial charge in [-0.15, -0.1) is 0 Å². The lowest BCUT2D eigenvalue weighted by molar-refractivity contribution is -0.119. The van der Waals surface area contributed by atoms with Crippen LogP contribution in [0.1, 0.15) is 10.4 Å². The second-order valence-corrected chi connectivity index (χ2v) is 5.23. The SMILES string of the molecule is COc1ccc(NC(=O)COC(=O)c2cc(F)ccc2Cl)cc1OC. The molecule has 0 spiro atoms. The van der Waals surface area contributed by atoms with Crippen molar-refractivity contribution in [2.75, 3.05) is 26.1 Å². The van der Waals surface area contributed by atoms with Crippen molar-refractivity contribution in [3.63, 3.8) is 0 Å². The third kappa shape index (κ3) is 4.84. The van der Waals surface area contributed by atoms with E-state index < -0.39 is 24.3 Å². The van der Waals surface area contributed by atoms with E-state index in [1.54, 1.807) is 18.2 Å². The average molecular weight is 368 g/mol. The topological polar surface area (TPSA) is 73.9 Å². The van der Waals surface area contributed by atoms with Crippen molar-refractivity contribution in [2.24, 2.45) is 0 Å². The number of rotatable bonds is 6. The van der Waals surface area contributed by atoms with Gasteiger partial charge in [0.15, 0.2) is 18.1 Å². The van der Waals surface area contributed by atoms with E-state index in [0.29, 0.717) is 17.2 Å². The standard InChI is InChI=1S/C17H15ClFNO5/c1-23-14-6-4-11(8-15(14)24-2)20-16(21)9-25-17(22)12-7-10(19)3-5-13(12)18/h3-8H,9H2,1-2H3,(H,20,21). The molecular formula is C17H15ClFNO5. The number of esters is 1. The Balaban J connectivity index is 1.96. The number of benzene rings is 2. The summed E-state index contributed by atoms with van der Waals surface area (Å²) in [5, 5.41) is 2.58. The van der Waals surface area contributed by atoms with Crippen molar-refractivity contribution in [1.82, 2.24) is 0 Å². The Labute approximate surface area is 148 Å². The van der Waals surface area contributed by atoms with Gasteiger partial charge >= 0.3 is 5.97 Å². The molecule has 1 amide bonds. The predicted molar refractivity (Wildman–Crippen MR) is 89.9 cm³/mol. The van der Waals surface area contributed by atoms with E-state index in [1.165, 1.54) is 20.3 Å². The molecule has 2 rings (SSSR count). The number of anilines is 1. The molecule has 0 saturated heterocycles. The monoisotopic (exact) mass is 367 g/mol. The number of carbonyl (C=O) groups is 2. The number of ether oxygens (including phenoxy) is 3. The fraction of sp³-hybridized carbons (Fsp3) is 0.176. The molecule has 0 heterocycles. The maximum absolute atomic E-state index is 13.2. The molecule has 25 heavy (non-hydrogen) atoms. The quantitative estimate of drug-likeness (QED) is 0.793. The van der Waals surface area contributed by atoms with Crippen LogP contribution in [0.5, 0.6) is 11.5 Å². The van der Waals surface area contributed by atoms with Crippen molar-refractivity contribution >= 4 is 29.2 Å². The first-order chi connectivity index (χ1) is 11.9. The number of hydrogen-bond donors (Lipinski definition) is 1. The van der Waals surface area contributed by atoms with E-state index in [0.717, 1.165) is 12.1 Å². The van der Waals surface area contributed by atoms with Crippen LogP contribution in [-0.4, -0.2) is 32.7 Å². The van der Waals surface area contributed by atoms with Crippen molar-refractivity contribution in [3.8, 4) is 11.5 Å². The first kappa shape index (κ1) is 18.5. The van der Waals surface area contributed by atoms with Crippen LogP contribution >= 0.6 is 11.6 Å². The molecule has 0 radical (unpaired) electrons. The van der Waals surface area contributed by atoms with E-state index in [-0.39, 0.29) is 10.6 Å². The summed E-state index contributed by atoms with van der Waals surface area (Å²) in [6.07, 6.45) is 0. The summed E-state index contributed by atoms with van der Waals surface area (Å²) in [4.78, 5) is 23.8. The number of amides is 1. The molecular weight excluding hydrogens is 353 g/mol. The maximum Gasteiger partial charge on any atom is 0.340 e. The predicted octanol–water partition coefficient (Wildman–Crippen LogP) is 3.29. The summed E-state index contributed by atoms with van der Waals surface area (Å²) in [7, 11) is 2.96. The minimum atomic E-state index is -0.896. The fourth-order valence-corrected chi connectivity index (χ4v) is 2.17. The summed E-state index contributed by atoms with van der Waals surface area (Å²) in [6.45, 7) is -0.556. The van der Waals surface area contributed by atoms with Crippen LogP contribution in [0, 0.1) is 5.82 Å². The number of carbonyl (C=O) groups excluding carboxylic acids is 2. The molecule has 0 unspecified atom stereocenters. The number of nitrogens with one attached hydrogen (secondary N) is 1. The first-order valence-electron chi connectivity index (χ1n) is 7.08. The van der Waals surface area contributed by atoms with E-state index in [4.69, 9.17) is 25.8 Å². The van der Waals surface area contributed by atoms with Gasteiger partial charge in [-0.1, -0.05) is 11.6 Å². The van der Waals surface area contributed by atoms with Gasteiger partial charge in [0.1, 0.15) is 5.82 Å². The molecule has 0 bridgehead atoms. The van der Waals surface area contributed by atoms with Crippen LogP contribution in [-0.2, 0) is 9.53 Å². The summed E-state index contributed by atoms with van der Waals surface area (Å²) < 4.78 is 28.2. The minimum Gasteiger partial charge on any atom is -0.493 e. The van der Waals surface area contributed by atoms with Crippen molar-refractivity contribution in [2.45, 2.75) is 0 Å². The number of halogens is 2. The molecule has 0 atom stereocenters. The van der Waals surface area contributed by atoms with Crippen LogP contribution in [0.3, 0.4) is 0 Å². The van der Waals surface area contributed by atoms with E-state index in [9.17, 15) is 14.0 Å². The highest BCUT2D eigenvalue weighted by atomic mass is 35.5. The van der Waals surface area contributed by atoms with Gasteiger partial charge in [-0.3, -0.25) is 4.79 Å². The molecule has 8 heteroatoms. The van der Waals surface area contributed by atoms with Gasteiger partial charge in [0.2, 0.25) is 0 Å². The molecule has 2 aromatic carbocycles. The maximum atomic E-state index is 13.2. The molecule has 0 aromatic heterocycles. The Bertz CT molecular complexity index is 797. The summed E-state index contributed by atoms with van der Waals surface area (Å²) in [6, 6.07) is 8.07. The Morgan fingerprint density at radius 1 is 1.08 bits per heavy atom. The Kier molecular flexibility index (Phi) is 6.19. The lowest BCUT2D eigenvalue weighted by Crippen LogP contribution is -2.21. The van der Waals surface area contributed by atoms with Gasteiger partial charge in [-0.05, 0) is 30.3 Å².